The predicted molar refractivity (Wildman–Crippen MR) is 109 cm³/mol. The molecule has 1 atom stereocenters. The Bertz CT molecular complexity index is 913. The maximum Gasteiger partial charge on any atom is 0.294 e. The van der Waals surface area contributed by atoms with E-state index in [0.717, 1.165) is 43.6 Å². The number of hydrogen-bond donors (Lipinski definition) is 0. The summed E-state index contributed by atoms with van der Waals surface area (Å²) in [6.45, 7) is 8.04. The number of benzene rings is 1. The molecule has 0 radical (unpaired) electrons. The summed E-state index contributed by atoms with van der Waals surface area (Å²) in [6, 6.07) is 8.14. The van der Waals surface area contributed by atoms with E-state index >= 15 is 0 Å². The fraction of sp³-hybridized carbons (Fsp3) is 0.500. The van der Waals surface area contributed by atoms with Gasteiger partial charge >= 0.3 is 0 Å². The lowest BCUT2D eigenvalue weighted by molar-refractivity contribution is 0.0766. The Morgan fingerprint density at radius 1 is 1.18 bits per heavy atom. The van der Waals surface area contributed by atoms with Crippen LogP contribution in [0.1, 0.15) is 66.0 Å². The number of imidazole rings is 1. The SMILES string of the molecule is CCN(CC)C(=O)c1nc(C(=O)N2c3ccccc3CC2C)n2c1CCCC2. The molecule has 2 aromatic rings. The van der Waals surface area contributed by atoms with E-state index < -0.39 is 0 Å². The van der Waals surface area contributed by atoms with Crippen molar-refractivity contribution in [1.82, 2.24) is 14.5 Å². The van der Waals surface area contributed by atoms with Crippen molar-refractivity contribution in [1.29, 1.82) is 0 Å². The number of carbonyl (C=O) groups is 2. The Morgan fingerprint density at radius 3 is 2.68 bits per heavy atom. The lowest BCUT2D eigenvalue weighted by Crippen LogP contribution is -2.37. The summed E-state index contributed by atoms with van der Waals surface area (Å²) in [5.41, 5.74) is 3.54. The third kappa shape index (κ3) is 2.91. The third-order valence-corrected chi connectivity index (χ3v) is 5.99. The average molecular weight is 380 g/mol. The molecule has 0 bridgehead atoms. The Morgan fingerprint density at radius 2 is 1.93 bits per heavy atom. The number of carbonyl (C=O) groups excluding carboxylic acids is 2. The minimum Gasteiger partial charge on any atom is -0.338 e. The first-order valence-corrected chi connectivity index (χ1v) is 10.4. The normalized spacial score (nSPS) is 18.0. The van der Waals surface area contributed by atoms with Gasteiger partial charge in [-0.3, -0.25) is 9.59 Å². The van der Waals surface area contributed by atoms with Crippen LogP contribution in [0.15, 0.2) is 24.3 Å². The van der Waals surface area contributed by atoms with Crippen molar-refractivity contribution in [2.75, 3.05) is 18.0 Å². The zero-order valence-electron chi connectivity index (χ0n) is 16.9. The van der Waals surface area contributed by atoms with Gasteiger partial charge in [0, 0.05) is 31.4 Å². The molecule has 0 saturated heterocycles. The third-order valence-electron chi connectivity index (χ3n) is 5.99. The topological polar surface area (TPSA) is 58.4 Å². The fourth-order valence-corrected chi connectivity index (χ4v) is 4.52. The van der Waals surface area contributed by atoms with Crippen LogP contribution in [0, 0.1) is 0 Å². The van der Waals surface area contributed by atoms with Gasteiger partial charge in [-0.2, -0.15) is 0 Å². The fourth-order valence-electron chi connectivity index (χ4n) is 4.52. The number of rotatable bonds is 4. The van der Waals surface area contributed by atoms with Crippen molar-refractivity contribution in [3.05, 3.63) is 47.0 Å². The molecule has 0 N–H and O–H groups in total. The highest BCUT2D eigenvalue weighted by molar-refractivity contribution is 6.07. The molecule has 2 amide bonds. The van der Waals surface area contributed by atoms with Crippen molar-refractivity contribution in [3.63, 3.8) is 0 Å². The molecule has 0 aliphatic carbocycles. The number of anilines is 1. The molecule has 6 nitrogen and oxygen atoms in total. The first-order chi connectivity index (χ1) is 13.6. The van der Waals surface area contributed by atoms with E-state index in [0.29, 0.717) is 24.6 Å². The summed E-state index contributed by atoms with van der Waals surface area (Å²) in [5, 5.41) is 0. The first kappa shape index (κ1) is 18.7. The van der Waals surface area contributed by atoms with Gasteiger partial charge in [-0.15, -0.1) is 0 Å². The molecule has 2 aliphatic rings. The highest BCUT2D eigenvalue weighted by Crippen LogP contribution is 2.34. The van der Waals surface area contributed by atoms with Crippen molar-refractivity contribution >= 4 is 17.5 Å². The van der Waals surface area contributed by atoms with Gasteiger partial charge in [-0.05, 0) is 58.1 Å². The molecular weight excluding hydrogens is 352 g/mol. The molecule has 148 valence electrons. The van der Waals surface area contributed by atoms with Crippen LogP contribution in [-0.4, -0.2) is 45.4 Å². The second-order valence-electron chi connectivity index (χ2n) is 7.67. The summed E-state index contributed by atoms with van der Waals surface area (Å²) in [7, 11) is 0. The molecule has 1 aromatic heterocycles. The summed E-state index contributed by atoms with van der Waals surface area (Å²) >= 11 is 0. The van der Waals surface area contributed by atoms with E-state index in [9.17, 15) is 9.59 Å². The van der Waals surface area contributed by atoms with Gasteiger partial charge in [0.2, 0.25) is 5.82 Å². The number of aromatic nitrogens is 2. The van der Waals surface area contributed by atoms with Gasteiger partial charge in [-0.1, -0.05) is 18.2 Å². The summed E-state index contributed by atoms with van der Waals surface area (Å²) in [4.78, 5) is 34.8. The van der Waals surface area contributed by atoms with E-state index in [2.05, 4.69) is 18.0 Å². The number of nitrogens with zero attached hydrogens (tertiary/aromatic N) is 4. The number of fused-ring (bicyclic) bond motifs is 2. The van der Waals surface area contributed by atoms with Crippen LogP contribution < -0.4 is 4.90 Å². The highest BCUT2D eigenvalue weighted by Gasteiger charge is 2.36. The molecule has 0 spiro atoms. The van der Waals surface area contributed by atoms with Crippen LogP contribution in [0.25, 0.3) is 0 Å². The number of hydrogen-bond acceptors (Lipinski definition) is 3. The maximum absolute atomic E-state index is 13.6. The predicted octanol–water partition coefficient (Wildman–Crippen LogP) is 3.29. The molecule has 1 unspecified atom stereocenters. The van der Waals surface area contributed by atoms with Crippen molar-refractivity contribution in [2.24, 2.45) is 0 Å². The van der Waals surface area contributed by atoms with E-state index in [-0.39, 0.29) is 17.9 Å². The van der Waals surface area contributed by atoms with Gasteiger partial charge in [0.15, 0.2) is 0 Å². The first-order valence-electron chi connectivity index (χ1n) is 10.4. The van der Waals surface area contributed by atoms with Crippen molar-refractivity contribution in [3.8, 4) is 0 Å². The van der Waals surface area contributed by atoms with Crippen LogP contribution in [-0.2, 0) is 19.4 Å². The van der Waals surface area contributed by atoms with Gasteiger partial charge in [-0.25, -0.2) is 4.98 Å². The van der Waals surface area contributed by atoms with Crippen LogP contribution in [0.4, 0.5) is 5.69 Å². The van der Waals surface area contributed by atoms with Crippen LogP contribution in [0.3, 0.4) is 0 Å². The smallest absolute Gasteiger partial charge is 0.294 e. The summed E-state index contributed by atoms with van der Waals surface area (Å²) in [6.07, 6.45) is 3.69. The minimum atomic E-state index is -0.0980. The number of amides is 2. The van der Waals surface area contributed by atoms with Crippen LogP contribution >= 0.6 is 0 Å². The zero-order chi connectivity index (χ0) is 19.8. The Kier molecular flexibility index (Phi) is 4.96. The monoisotopic (exact) mass is 380 g/mol. The van der Waals surface area contributed by atoms with Gasteiger partial charge < -0.3 is 14.4 Å². The highest BCUT2D eigenvalue weighted by atomic mass is 16.2. The van der Waals surface area contributed by atoms with E-state index in [1.807, 2.05) is 41.5 Å². The summed E-state index contributed by atoms with van der Waals surface area (Å²) in [5.74, 6) is 0.248. The van der Waals surface area contributed by atoms with Crippen LogP contribution in [0.2, 0.25) is 0 Å². The van der Waals surface area contributed by atoms with E-state index in [1.165, 1.54) is 5.56 Å². The molecule has 28 heavy (non-hydrogen) atoms. The second kappa shape index (κ2) is 7.41. The largest absolute Gasteiger partial charge is 0.338 e. The maximum atomic E-state index is 13.6. The van der Waals surface area contributed by atoms with Gasteiger partial charge in [0.25, 0.3) is 11.8 Å². The second-order valence-corrected chi connectivity index (χ2v) is 7.67. The molecule has 3 heterocycles. The molecular formula is C22H28N4O2. The quantitative estimate of drug-likeness (QED) is 0.818. The molecule has 0 saturated carbocycles. The lowest BCUT2D eigenvalue weighted by atomic mass is 10.1. The zero-order valence-corrected chi connectivity index (χ0v) is 16.9. The number of para-hydroxylation sites is 1. The van der Waals surface area contributed by atoms with Gasteiger partial charge in [0.1, 0.15) is 5.69 Å². The van der Waals surface area contributed by atoms with Gasteiger partial charge in [0.05, 0.1) is 5.69 Å². The summed E-state index contributed by atoms with van der Waals surface area (Å²) < 4.78 is 2.00. The molecule has 6 heteroatoms. The Balaban J connectivity index is 1.76. The van der Waals surface area contributed by atoms with Crippen LogP contribution in [0.5, 0.6) is 0 Å². The average Bonchev–Trinajstić information content (AvgIpc) is 3.25. The van der Waals surface area contributed by atoms with E-state index in [1.54, 1.807) is 4.90 Å². The van der Waals surface area contributed by atoms with Crippen molar-refractivity contribution in [2.45, 2.75) is 59.0 Å². The molecule has 2 aliphatic heterocycles. The lowest BCUT2D eigenvalue weighted by Gasteiger charge is -2.24. The standard InChI is InChI=1S/C22H28N4O2/c1-4-24(5-2)21(27)19-18-12-8-9-13-25(18)20(23-19)22(28)26-15(3)14-16-10-6-7-11-17(16)26/h6-7,10-11,15H,4-5,8-9,12-14H2,1-3H3. The Labute approximate surface area is 166 Å². The Hall–Kier alpha value is -2.63. The van der Waals surface area contributed by atoms with E-state index in [4.69, 9.17) is 0 Å². The molecule has 1 aromatic carbocycles. The molecule has 4 rings (SSSR count). The minimum absolute atomic E-state index is 0.0652. The van der Waals surface area contributed by atoms with Crippen molar-refractivity contribution < 1.29 is 9.59 Å². The molecule has 0 fully saturated rings.